The van der Waals surface area contributed by atoms with Gasteiger partial charge < -0.3 is 16.3 Å². The lowest BCUT2D eigenvalue weighted by Crippen LogP contribution is -2.56. The van der Waals surface area contributed by atoms with E-state index in [9.17, 15) is 4.79 Å². The van der Waals surface area contributed by atoms with Gasteiger partial charge in [-0.2, -0.15) is 0 Å². The van der Waals surface area contributed by atoms with Gasteiger partial charge in [-0.15, -0.1) is 0 Å². The highest BCUT2D eigenvalue weighted by molar-refractivity contribution is 5.94. The quantitative estimate of drug-likeness (QED) is 0.318. The molecule has 3 fully saturated rings. The molecule has 2 bridgehead atoms. The number of carbonyl (C=O) groups excluding carboxylic acids is 1. The van der Waals surface area contributed by atoms with Crippen molar-refractivity contribution in [2.45, 2.75) is 63.3 Å². The molecule has 0 aliphatic heterocycles. The first-order valence-corrected chi connectivity index (χ1v) is 7.92. The van der Waals surface area contributed by atoms with E-state index in [4.69, 9.17) is 10.9 Å². The first-order valence-electron chi connectivity index (χ1n) is 7.92. The highest BCUT2D eigenvalue weighted by atomic mass is 16.4. The Morgan fingerprint density at radius 1 is 1.30 bits per heavy atom. The van der Waals surface area contributed by atoms with E-state index in [-0.39, 0.29) is 11.7 Å². The molecule has 1 amide bonds. The largest absolute Gasteiger partial charge is 0.409 e. The molecule has 3 atom stereocenters. The van der Waals surface area contributed by atoms with E-state index in [1.807, 2.05) is 0 Å². The van der Waals surface area contributed by atoms with E-state index >= 15 is 0 Å². The normalized spacial score (nSPS) is 35.4. The third kappa shape index (κ3) is 2.38. The van der Waals surface area contributed by atoms with Crippen molar-refractivity contribution in [2.24, 2.45) is 28.6 Å². The Bertz CT molecular complexity index is 415. The molecule has 0 aromatic heterocycles. The number of oxime groups is 1. The fourth-order valence-electron chi connectivity index (χ4n) is 4.70. The third-order valence-electron chi connectivity index (χ3n) is 5.77. The van der Waals surface area contributed by atoms with Crippen molar-refractivity contribution in [1.29, 1.82) is 0 Å². The summed E-state index contributed by atoms with van der Waals surface area (Å²) in [6, 6.07) is 0. The lowest BCUT2D eigenvalue weighted by atomic mass is 9.85. The molecular weight excluding hydrogens is 254 g/mol. The average Bonchev–Trinajstić information content (AvgIpc) is 3.14. The first-order chi connectivity index (χ1) is 9.63. The molecule has 112 valence electrons. The van der Waals surface area contributed by atoms with Crippen LogP contribution in [0, 0.1) is 17.8 Å². The van der Waals surface area contributed by atoms with E-state index in [1.165, 1.54) is 25.7 Å². The molecule has 4 N–H and O–H groups in total. The van der Waals surface area contributed by atoms with E-state index < -0.39 is 5.54 Å². The maximum atomic E-state index is 12.4. The number of amidine groups is 1. The highest BCUT2D eigenvalue weighted by Gasteiger charge is 2.43. The minimum absolute atomic E-state index is 0.0797. The van der Waals surface area contributed by atoms with Crippen molar-refractivity contribution < 1.29 is 10.0 Å². The predicted octanol–water partition coefficient (Wildman–Crippen LogP) is 1.99. The fourth-order valence-corrected chi connectivity index (χ4v) is 4.70. The first kappa shape index (κ1) is 13.7. The Morgan fingerprint density at radius 2 is 2.05 bits per heavy atom. The van der Waals surface area contributed by atoms with Crippen LogP contribution in [0.25, 0.3) is 0 Å². The molecule has 0 spiro atoms. The van der Waals surface area contributed by atoms with Gasteiger partial charge in [-0.1, -0.05) is 24.4 Å². The Morgan fingerprint density at radius 3 is 2.60 bits per heavy atom. The minimum Gasteiger partial charge on any atom is -0.409 e. The number of nitrogens with zero attached hydrogens (tertiary/aromatic N) is 1. The number of rotatable bonds is 4. The van der Waals surface area contributed by atoms with Gasteiger partial charge in [0, 0.05) is 6.42 Å². The van der Waals surface area contributed by atoms with Crippen LogP contribution in [0.1, 0.15) is 57.8 Å². The molecule has 5 heteroatoms. The van der Waals surface area contributed by atoms with Gasteiger partial charge in [-0.05, 0) is 49.9 Å². The third-order valence-corrected chi connectivity index (χ3v) is 5.77. The van der Waals surface area contributed by atoms with Gasteiger partial charge in [0.2, 0.25) is 5.91 Å². The summed E-state index contributed by atoms with van der Waals surface area (Å²) in [7, 11) is 0. The van der Waals surface area contributed by atoms with Crippen molar-refractivity contribution in [1.82, 2.24) is 5.32 Å². The van der Waals surface area contributed by atoms with Gasteiger partial charge in [-0.25, -0.2) is 0 Å². The average molecular weight is 279 g/mol. The van der Waals surface area contributed by atoms with Crippen molar-refractivity contribution in [3.05, 3.63) is 0 Å². The zero-order valence-corrected chi connectivity index (χ0v) is 12.0. The molecule has 0 radical (unpaired) electrons. The van der Waals surface area contributed by atoms with E-state index in [1.54, 1.807) is 0 Å². The smallest absolute Gasteiger partial charge is 0.221 e. The molecule has 5 nitrogen and oxygen atoms in total. The predicted molar refractivity (Wildman–Crippen MR) is 76.3 cm³/mol. The summed E-state index contributed by atoms with van der Waals surface area (Å²) < 4.78 is 0. The van der Waals surface area contributed by atoms with Gasteiger partial charge in [-0.3, -0.25) is 4.79 Å². The Labute approximate surface area is 120 Å². The molecule has 0 heterocycles. The van der Waals surface area contributed by atoms with Crippen LogP contribution in [0.5, 0.6) is 0 Å². The minimum atomic E-state index is -0.594. The molecule has 3 aliphatic rings. The molecule has 3 rings (SSSR count). The number of carbonyl (C=O) groups is 1. The summed E-state index contributed by atoms with van der Waals surface area (Å²) in [5.41, 5.74) is 5.22. The van der Waals surface area contributed by atoms with Gasteiger partial charge >= 0.3 is 0 Å². The summed E-state index contributed by atoms with van der Waals surface area (Å²) in [4.78, 5) is 12.4. The summed E-state index contributed by atoms with van der Waals surface area (Å²) in [5.74, 6) is 2.42. The zero-order chi connectivity index (χ0) is 14.2. The number of hydrogen-bond donors (Lipinski definition) is 3. The summed E-state index contributed by atoms with van der Waals surface area (Å²) >= 11 is 0. The number of fused-ring (bicyclic) bond motifs is 2. The van der Waals surface area contributed by atoms with E-state index in [2.05, 4.69) is 10.5 Å². The fraction of sp³-hybridized carbons (Fsp3) is 0.867. The second-order valence-electron chi connectivity index (χ2n) is 6.96. The molecule has 3 saturated carbocycles. The number of nitrogens with one attached hydrogen (secondary N) is 1. The SMILES string of the molecule is N/C(=N/O)C1(NC(=O)CC2CC3CCC2C3)CCCC1. The molecule has 0 aromatic carbocycles. The van der Waals surface area contributed by atoms with Crippen LogP contribution >= 0.6 is 0 Å². The van der Waals surface area contributed by atoms with Crippen molar-refractivity contribution in [3.63, 3.8) is 0 Å². The van der Waals surface area contributed by atoms with E-state index in [0.717, 1.165) is 37.5 Å². The van der Waals surface area contributed by atoms with Crippen molar-refractivity contribution in [3.8, 4) is 0 Å². The number of amides is 1. The van der Waals surface area contributed by atoms with Crippen molar-refractivity contribution in [2.75, 3.05) is 0 Å². The lowest BCUT2D eigenvalue weighted by Gasteiger charge is -2.30. The molecule has 3 aliphatic carbocycles. The van der Waals surface area contributed by atoms with Gasteiger partial charge in [0.25, 0.3) is 0 Å². The second kappa shape index (κ2) is 5.26. The van der Waals surface area contributed by atoms with Gasteiger partial charge in [0.15, 0.2) is 5.84 Å². The summed E-state index contributed by atoms with van der Waals surface area (Å²) in [6.45, 7) is 0. The number of nitrogens with two attached hydrogens (primary N) is 1. The molecule has 20 heavy (non-hydrogen) atoms. The van der Waals surface area contributed by atoms with Crippen LogP contribution in [0.15, 0.2) is 5.16 Å². The second-order valence-corrected chi connectivity index (χ2v) is 6.96. The zero-order valence-electron chi connectivity index (χ0n) is 12.0. The maximum Gasteiger partial charge on any atom is 0.221 e. The number of hydrogen-bond acceptors (Lipinski definition) is 3. The molecule has 0 aromatic rings. The summed E-state index contributed by atoms with van der Waals surface area (Å²) in [5, 5.41) is 15.2. The van der Waals surface area contributed by atoms with Crippen molar-refractivity contribution >= 4 is 11.7 Å². The van der Waals surface area contributed by atoms with Gasteiger partial charge in [0.1, 0.15) is 5.54 Å². The lowest BCUT2D eigenvalue weighted by molar-refractivity contribution is -0.123. The van der Waals surface area contributed by atoms with E-state index in [0.29, 0.717) is 12.3 Å². The molecule has 0 saturated heterocycles. The van der Waals surface area contributed by atoms with Crippen LogP contribution in [0.4, 0.5) is 0 Å². The summed E-state index contributed by atoms with van der Waals surface area (Å²) in [6.07, 6.45) is 9.41. The van der Waals surface area contributed by atoms with Crippen LogP contribution in [0.3, 0.4) is 0 Å². The van der Waals surface area contributed by atoms with Crippen LogP contribution in [-0.4, -0.2) is 22.5 Å². The highest BCUT2D eigenvalue weighted by Crippen LogP contribution is 2.49. The molecular formula is C15H25N3O2. The Hall–Kier alpha value is -1.26. The van der Waals surface area contributed by atoms with Gasteiger partial charge in [0.05, 0.1) is 0 Å². The Kier molecular flexibility index (Phi) is 3.61. The molecule has 3 unspecified atom stereocenters. The van der Waals surface area contributed by atoms with Crippen LogP contribution in [-0.2, 0) is 4.79 Å². The topological polar surface area (TPSA) is 87.7 Å². The standard InChI is InChI=1S/C15H25N3O2/c16-14(18-20)15(5-1-2-6-15)17-13(19)9-12-8-10-3-4-11(12)7-10/h10-12,20H,1-9H2,(H2,16,18)(H,17,19). The van der Waals surface area contributed by atoms with Crippen LogP contribution in [0.2, 0.25) is 0 Å². The Balaban J connectivity index is 1.60. The monoisotopic (exact) mass is 279 g/mol. The van der Waals surface area contributed by atoms with Crippen LogP contribution < -0.4 is 11.1 Å². The maximum absolute atomic E-state index is 12.4.